The topological polar surface area (TPSA) is 75.7 Å². The molecule has 0 atom stereocenters. The number of halogens is 2. The average Bonchev–Trinajstić information content (AvgIpc) is 2.79. The van der Waals surface area contributed by atoms with Crippen LogP contribution in [0.4, 0.5) is 14.9 Å². The molecule has 1 aliphatic rings. The van der Waals surface area contributed by atoms with Gasteiger partial charge in [0.2, 0.25) is 0 Å². The molecule has 4 rings (SSSR count). The molecule has 166 valence electrons. The van der Waals surface area contributed by atoms with E-state index < -0.39 is 17.8 Å². The maximum Gasteiger partial charge on any atom is 0.335 e. The summed E-state index contributed by atoms with van der Waals surface area (Å²) >= 11 is 6.13. The third kappa shape index (κ3) is 4.78. The van der Waals surface area contributed by atoms with Gasteiger partial charge in [0.1, 0.15) is 23.7 Å². The van der Waals surface area contributed by atoms with E-state index in [1.165, 1.54) is 18.2 Å². The number of nitrogens with zero attached hydrogens (tertiary/aromatic N) is 1. The lowest BCUT2D eigenvalue weighted by Crippen LogP contribution is -2.54. The van der Waals surface area contributed by atoms with Gasteiger partial charge >= 0.3 is 6.03 Å². The predicted octanol–water partition coefficient (Wildman–Crippen LogP) is 5.03. The predicted molar refractivity (Wildman–Crippen MR) is 122 cm³/mol. The fourth-order valence-electron chi connectivity index (χ4n) is 3.22. The van der Waals surface area contributed by atoms with Gasteiger partial charge in [0.15, 0.2) is 0 Å². The first-order valence-electron chi connectivity index (χ1n) is 9.97. The van der Waals surface area contributed by atoms with Crippen molar-refractivity contribution in [3.8, 4) is 5.75 Å². The average molecular weight is 465 g/mol. The van der Waals surface area contributed by atoms with Crippen molar-refractivity contribution in [2.24, 2.45) is 0 Å². The van der Waals surface area contributed by atoms with E-state index in [0.29, 0.717) is 21.9 Å². The van der Waals surface area contributed by atoms with Gasteiger partial charge in [-0.05, 0) is 54.5 Å². The quantitative estimate of drug-likeness (QED) is 0.424. The van der Waals surface area contributed by atoms with Crippen molar-refractivity contribution >= 4 is 41.2 Å². The van der Waals surface area contributed by atoms with Crippen LogP contribution in [0.15, 0.2) is 72.3 Å². The zero-order valence-corrected chi connectivity index (χ0v) is 18.2. The highest BCUT2D eigenvalue weighted by Crippen LogP contribution is 2.27. The van der Waals surface area contributed by atoms with Gasteiger partial charge in [0.05, 0.1) is 5.69 Å². The van der Waals surface area contributed by atoms with E-state index in [1.807, 2.05) is 0 Å². The molecule has 3 aromatic carbocycles. The molecule has 0 unspecified atom stereocenters. The first kappa shape index (κ1) is 22.2. The summed E-state index contributed by atoms with van der Waals surface area (Å²) in [5.74, 6) is -1.41. The summed E-state index contributed by atoms with van der Waals surface area (Å²) in [4.78, 5) is 38.5. The second-order valence-corrected chi connectivity index (χ2v) is 7.75. The summed E-state index contributed by atoms with van der Waals surface area (Å²) in [6.45, 7) is 1.85. The molecule has 0 bridgehead atoms. The first-order chi connectivity index (χ1) is 15.8. The molecule has 0 radical (unpaired) electrons. The standard InChI is InChI=1S/C25H18ClFN2O4/c1-15-6-9-18(13-21(15)26)29-24(31)20(23(30)28-25(29)32)12-16-7-10-19(11-8-16)33-14-17-4-2-3-5-22(17)27/h2-13H,14H2,1H3,(H,28,30,32)/b20-12-. The van der Waals surface area contributed by atoms with E-state index in [9.17, 15) is 18.8 Å². The van der Waals surface area contributed by atoms with Crippen molar-refractivity contribution in [3.63, 3.8) is 0 Å². The van der Waals surface area contributed by atoms with Crippen molar-refractivity contribution < 1.29 is 23.5 Å². The Balaban J connectivity index is 1.53. The number of aryl methyl sites for hydroxylation is 1. The van der Waals surface area contributed by atoms with E-state index in [1.54, 1.807) is 61.5 Å². The van der Waals surface area contributed by atoms with Crippen LogP contribution in [0, 0.1) is 12.7 Å². The van der Waals surface area contributed by atoms with Gasteiger partial charge < -0.3 is 4.74 Å². The molecule has 1 aliphatic heterocycles. The number of carbonyl (C=O) groups is 3. The number of barbiturate groups is 1. The number of imide groups is 2. The molecule has 33 heavy (non-hydrogen) atoms. The number of ether oxygens (including phenoxy) is 1. The molecule has 0 aliphatic carbocycles. The van der Waals surface area contributed by atoms with Gasteiger partial charge in [-0.3, -0.25) is 14.9 Å². The Morgan fingerprint density at radius 2 is 1.76 bits per heavy atom. The van der Waals surface area contributed by atoms with Crippen molar-refractivity contribution in [3.05, 3.63) is 99.8 Å². The van der Waals surface area contributed by atoms with E-state index in [0.717, 1.165) is 10.5 Å². The van der Waals surface area contributed by atoms with Crippen LogP contribution in [0.25, 0.3) is 6.08 Å². The van der Waals surface area contributed by atoms with Crippen LogP contribution in [0.2, 0.25) is 5.02 Å². The number of benzene rings is 3. The number of urea groups is 1. The zero-order chi connectivity index (χ0) is 23.5. The van der Waals surface area contributed by atoms with Gasteiger partial charge in [0, 0.05) is 10.6 Å². The van der Waals surface area contributed by atoms with E-state index in [2.05, 4.69) is 5.32 Å². The summed E-state index contributed by atoms with van der Waals surface area (Å²) in [5, 5.41) is 2.56. The van der Waals surface area contributed by atoms with Crippen molar-refractivity contribution in [2.75, 3.05) is 4.90 Å². The molecular formula is C25H18ClFN2O4. The lowest BCUT2D eigenvalue weighted by Gasteiger charge is -2.26. The number of amides is 4. The van der Waals surface area contributed by atoms with Crippen molar-refractivity contribution in [2.45, 2.75) is 13.5 Å². The van der Waals surface area contributed by atoms with Crippen molar-refractivity contribution in [1.82, 2.24) is 5.32 Å². The third-order valence-electron chi connectivity index (χ3n) is 5.06. The summed E-state index contributed by atoms with van der Waals surface area (Å²) in [5.41, 5.74) is 1.81. The largest absolute Gasteiger partial charge is 0.489 e. The highest BCUT2D eigenvalue weighted by Gasteiger charge is 2.36. The monoisotopic (exact) mass is 464 g/mol. The number of hydrogen-bond acceptors (Lipinski definition) is 4. The Morgan fingerprint density at radius 3 is 2.45 bits per heavy atom. The van der Waals surface area contributed by atoms with E-state index in [-0.39, 0.29) is 23.7 Å². The van der Waals surface area contributed by atoms with Crippen LogP contribution in [-0.2, 0) is 16.2 Å². The Bertz CT molecular complexity index is 1290. The maximum absolute atomic E-state index is 13.7. The van der Waals surface area contributed by atoms with Crippen LogP contribution in [0.3, 0.4) is 0 Å². The minimum atomic E-state index is -0.848. The molecule has 1 saturated heterocycles. The molecule has 1 N–H and O–H groups in total. The second kappa shape index (κ2) is 9.26. The Hall–Kier alpha value is -3.97. The maximum atomic E-state index is 13.7. The summed E-state index contributed by atoms with van der Waals surface area (Å²) in [6, 6.07) is 16.8. The SMILES string of the molecule is Cc1ccc(N2C(=O)NC(=O)/C(=C/c3ccc(OCc4ccccc4F)cc3)C2=O)cc1Cl. The van der Waals surface area contributed by atoms with Gasteiger partial charge in [-0.25, -0.2) is 14.1 Å². The Kier molecular flexibility index (Phi) is 6.24. The number of nitrogens with one attached hydrogen (secondary N) is 1. The van der Waals surface area contributed by atoms with E-state index >= 15 is 0 Å². The van der Waals surface area contributed by atoms with Crippen LogP contribution < -0.4 is 15.0 Å². The van der Waals surface area contributed by atoms with Gasteiger partial charge in [0.25, 0.3) is 11.8 Å². The van der Waals surface area contributed by atoms with Gasteiger partial charge in [-0.15, -0.1) is 0 Å². The normalized spacial score (nSPS) is 15.1. The molecular weight excluding hydrogens is 447 g/mol. The number of anilines is 1. The van der Waals surface area contributed by atoms with Gasteiger partial charge in [-0.2, -0.15) is 0 Å². The summed E-state index contributed by atoms with van der Waals surface area (Å²) in [7, 11) is 0. The molecule has 1 fully saturated rings. The lowest BCUT2D eigenvalue weighted by molar-refractivity contribution is -0.122. The molecule has 1 heterocycles. The highest BCUT2D eigenvalue weighted by molar-refractivity contribution is 6.39. The van der Waals surface area contributed by atoms with Crippen molar-refractivity contribution in [1.29, 1.82) is 0 Å². The minimum absolute atomic E-state index is 0.0597. The third-order valence-corrected chi connectivity index (χ3v) is 5.47. The Labute approximate surface area is 194 Å². The minimum Gasteiger partial charge on any atom is -0.489 e. The molecule has 6 nitrogen and oxygen atoms in total. The van der Waals surface area contributed by atoms with Gasteiger partial charge in [-0.1, -0.05) is 48.0 Å². The van der Waals surface area contributed by atoms with Crippen LogP contribution in [-0.4, -0.2) is 17.8 Å². The molecule has 0 saturated carbocycles. The highest BCUT2D eigenvalue weighted by atomic mass is 35.5. The second-order valence-electron chi connectivity index (χ2n) is 7.34. The fraction of sp³-hybridized carbons (Fsp3) is 0.0800. The fourth-order valence-corrected chi connectivity index (χ4v) is 3.39. The molecule has 0 spiro atoms. The number of carbonyl (C=O) groups excluding carboxylic acids is 3. The van der Waals surface area contributed by atoms with Crippen LogP contribution >= 0.6 is 11.6 Å². The molecule has 3 aromatic rings. The number of hydrogen-bond donors (Lipinski definition) is 1. The molecule has 0 aromatic heterocycles. The number of rotatable bonds is 5. The van der Waals surface area contributed by atoms with Crippen LogP contribution in [0.5, 0.6) is 5.75 Å². The van der Waals surface area contributed by atoms with E-state index in [4.69, 9.17) is 16.3 Å². The summed E-state index contributed by atoms with van der Waals surface area (Å²) < 4.78 is 19.3. The first-order valence-corrected chi connectivity index (χ1v) is 10.3. The summed E-state index contributed by atoms with van der Waals surface area (Å²) in [6.07, 6.45) is 1.38. The zero-order valence-electron chi connectivity index (χ0n) is 17.5. The molecule has 8 heteroatoms. The lowest BCUT2D eigenvalue weighted by atomic mass is 10.1. The van der Waals surface area contributed by atoms with Crippen LogP contribution in [0.1, 0.15) is 16.7 Å². The molecule has 4 amide bonds. The smallest absolute Gasteiger partial charge is 0.335 e. The Morgan fingerprint density at radius 1 is 1.03 bits per heavy atom.